The van der Waals surface area contributed by atoms with E-state index < -0.39 is 26.9 Å². The van der Waals surface area contributed by atoms with E-state index in [0.29, 0.717) is 0 Å². The fourth-order valence-electron chi connectivity index (χ4n) is 4.50. The van der Waals surface area contributed by atoms with E-state index in [2.05, 4.69) is 5.32 Å². The molecule has 2 aromatic rings. The predicted molar refractivity (Wildman–Crippen MR) is 110 cm³/mol. The molecule has 2 aliphatic heterocycles. The van der Waals surface area contributed by atoms with Crippen molar-refractivity contribution in [3.8, 4) is 0 Å². The van der Waals surface area contributed by atoms with Gasteiger partial charge < -0.3 is 5.32 Å². The van der Waals surface area contributed by atoms with Gasteiger partial charge in [0, 0.05) is 18.8 Å². The maximum atomic E-state index is 13.5. The molecule has 0 bridgehead atoms. The van der Waals surface area contributed by atoms with Gasteiger partial charge in [-0.25, -0.2) is 8.42 Å². The van der Waals surface area contributed by atoms with Gasteiger partial charge in [0.25, 0.3) is 0 Å². The van der Waals surface area contributed by atoms with Crippen molar-refractivity contribution in [1.29, 1.82) is 0 Å². The quantitative estimate of drug-likeness (QED) is 0.843. The van der Waals surface area contributed by atoms with Gasteiger partial charge in [-0.05, 0) is 51.5 Å². The molecule has 0 unspecified atom stereocenters. The first-order valence-electron chi connectivity index (χ1n) is 9.54. The molecular formula is C22H26N2O3S. The SMILES string of the molecule is Cc1ccc(S(=O)(=O)N2C[C@H]3C(=O)C(C)(C)c4ccccc4N[C@@]3(C)C2)cc1. The van der Waals surface area contributed by atoms with Crippen molar-refractivity contribution in [3.63, 3.8) is 0 Å². The Morgan fingerprint density at radius 3 is 2.36 bits per heavy atom. The Kier molecular flexibility index (Phi) is 4.21. The topological polar surface area (TPSA) is 66.5 Å². The summed E-state index contributed by atoms with van der Waals surface area (Å²) in [5, 5.41) is 3.52. The van der Waals surface area contributed by atoms with E-state index in [-0.39, 0.29) is 23.8 Å². The second-order valence-corrected chi connectivity index (χ2v) is 10.7. The average molecular weight is 399 g/mol. The van der Waals surface area contributed by atoms with Crippen molar-refractivity contribution in [2.24, 2.45) is 5.92 Å². The number of carbonyl (C=O) groups is 1. The fraction of sp³-hybridized carbons (Fsp3) is 0.409. The minimum atomic E-state index is -3.66. The molecular weight excluding hydrogens is 372 g/mol. The molecule has 0 spiro atoms. The lowest BCUT2D eigenvalue weighted by molar-refractivity contribution is -0.127. The number of nitrogens with one attached hydrogen (secondary N) is 1. The van der Waals surface area contributed by atoms with Crippen LogP contribution in [0.3, 0.4) is 0 Å². The van der Waals surface area contributed by atoms with Crippen LogP contribution in [0, 0.1) is 12.8 Å². The van der Waals surface area contributed by atoms with Crippen LogP contribution in [-0.2, 0) is 20.2 Å². The van der Waals surface area contributed by atoms with Gasteiger partial charge in [0.1, 0.15) is 5.78 Å². The van der Waals surface area contributed by atoms with Crippen molar-refractivity contribution in [2.75, 3.05) is 18.4 Å². The number of anilines is 1. The van der Waals surface area contributed by atoms with Gasteiger partial charge in [0.05, 0.1) is 21.8 Å². The molecule has 28 heavy (non-hydrogen) atoms. The second-order valence-electron chi connectivity index (χ2n) is 8.74. The van der Waals surface area contributed by atoms with E-state index in [0.717, 1.165) is 16.8 Å². The van der Waals surface area contributed by atoms with E-state index in [1.165, 1.54) is 4.31 Å². The Morgan fingerprint density at radius 1 is 1.04 bits per heavy atom. The fourth-order valence-corrected chi connectivity index (χ4v) is 6.06. The van der Waals surface area contributed by atoms with E-state index >= 15 is 0 Å². The first-order chi connectivity index (χ1) is 13.1. The highest BCUT2D eigenvalue weighted by Crippen LogP contribution is 2.45. The molecule has 5 nitrogen and oxygen atoms in total. The Hall–Kier alpha value is -2.18. The minimum absolute atomic E-state index is 0.0778. The molecule has 2 heterocycles. The van der Waals surface area contributed by atoms with Gasteiger partial charge in [-0.2, -0.15) is 4.31 Å². The molecule has 6 heteroatoms. The number of Topliss-reactive ketones (excluding diaryl/α,β-unsaturated/α-hetero) is 1. The van der Waals surface area contributed by atoms with Crippen molar-refractivity contribution < 1.29 is 13.2 Å². The molecule has 2 aromatic carbocycles. The van der Waals surface area contributed by atoms with Crippen LogP contribution in [0.4, 0.5) is 5.69 Å². The first-order valence-corrected chi connectivity index (χ1v) is 11.0. The number of para-hydroxylation sites is 1. The zero-order valence-electron chi connectivity index (χ0n) is 16.7. The summed E-state index contributed by atoms with van der Waals surface area (Å²) >= 11 is 0. The number of aryl methyl sites for hydroxylation is 1. The lowest BCUT2D eigenvalue weighted by Crippen LogP contribution is -2.47. The summed E-state index contributed by atoms with van der Waals surface area (Å²) in [6.07, 6.45) is 0. The number of benzene rings is 2. The molecule has 1 saturated heterocycles. The van der Waals surface area contributed by atoms with E-state index in [9.17, 15) is 13.2 Å². The van der Waals surface area contributed by atoms with Crippen molar-refractivity contribution in [3.05, 3.63) is 59.7 Å². The Balaban J connectivity index is 1.75. The largest absolute Gasteiger partial charge is 0.378 e. The van der Waals surface area contributed by atoms with Crippen LogP contribution in [0.2, 0.25) is 0 Å². The zero-order valence-corrected chi connectivity index (χ0v) is 17.5. The molecule has 4 rings (SSSR count). The van der Waals surface area contributed by atoms with Gasteiger partial charge in [-0.15, -0.1) is 0 Å². The van der Waals surface area contributed by atoms with Gasteiger partial charge in [0.15, 0.2) is 0 Å². The molecule has 148 valence electrons. The highest BCUT2D eigenvalue weighted by molar-refractivity contribution is 7.89. The lowest BCUT2D eigenvalue weighted by atomic mass is 9.73. The van der Waals surface area contributed by atoms with Gasteiger partial charge in [-0.1, -0.05) is 35.9 Å². The van der Waals surface area contributed by atoms with E-state index in [1.807, 2.05) is 52.0 Å². The van der Waals surface area contributed by atoms with Crippen LogP contribution >= 0.6 is 0 Å². The molecule has 0 aliphatic carbocycles. The smallest absolute Gasteiger partial charge is 0.243 e. The van der Waals surface area contributed by atoms with Crippen molar-refractivity contribution in [1.82, 2.24) is 4.31 Å². The third-order valence-electron chi connectivity index (χ3n) is 6.27. The standard InChI is InChI=1S/C22H26N2O3S/c1-15-9-11-16(12-10-15)28(26,27)24-13-18-20(25)21(2,3)17-7-5-6-8-19(17)23-22(18,4)14-24/h5-12,18,23H,13-14H2,1-4H3/t18-,22-/m0/s1. The highest BCUT2D eigenvalue weighted by atomic mass is 32.2. The summed E-state index contributed by atoms with van der Waals surface area (Å²) in [5.74, 6) is -0.343. The molecule has 0 saturated carbocycles. The van der Waals surface area contributed by atoms with Crippen LogP contribution < -0.4 is 5.32 Å². The summed E-state index contributed by atoms with van der Waals surface area (Å²) in [5.41, 5.74) is 1.53. The van der Waals surface area contributed by atoms with Crippen molar-refractivity contribution >= 4 is 21.5 Å². The predicted octanol–water partition coefficient (Wildman–Crippen LogP) is 3.35. The summed E-state index contributed by atoms with van der Waals surface area (Å²) < 4.78 is 27.9. The van der Waals surface area contributed by atoms with Gasteiger partial charge in [0.2, 0.25) is 10.0 Å². The monoisotopic (exact) mass is 398 g/mol. The van der Waals surface area contributed by atoms with E-state index in [4.69, 9.17) is 0 Å². The molecule has 1 fully saturated rings. The maximum absolute atomic E-state index is 13.5. The first kappa shape index (κ1) is 19.2. The number of sulfonamides is 1. The van der Waals surface area contributed by atoms with Crippen LogP contribution in [0.15, 0.2) is 53.4 Å². The summed E-state index contributed by atoms with van der Waals surface area (Å²) in [4.78, 5) is 13.8. The van der Waals surface area contributed by atoms with Crippen LogP contribution in [0.1, 0.15) is 31.9 Å². The number of ketones is 1. The number of hydrogen-bond acceptors (Lipinski definition) is 4. The van der Waals surface area contributed by atoms with Crippen molar-refractivity contribution in [2.45, 2.75) is 43.5 Å². The highest BCUT2D eigenvalue weighted by Gasteiger charge is 2.55. The molecule has 2 aliphatic rings. The number of fused-ring (bicyclic) bond motifs is 2. The minimum Gasteiger partial charge on any atom is -0.378 e. The Labute approximate surface area is 166 Å². The lowest BCUT2D eigenvalue weighted by Gasteiger charge is -2.31. The molecule has 0 radical (unpaired) electrons. The molecule has 0 amide bonds. The van der Waals surface area contributed by atoms with E-state index in [1.54, 1.807) is 24.3 Å². The number of rotatable bonds is 2. The van der Waals surface area contributed by atoms with Crippen LogP contribution in [0.25, 0.3) is 0 Å². The number of carbonyl (C=O) groups excluding carboxylic acids is 1. The normalized spacial score (nSPS) is 26.9. The number of hydrogen-bond donors (Lipinski definition) is 1. The Morgan fingerprint density at radius 2 is 1.68 bits per heavy atom. The second kappa shape index (κ2) is 6.16. The number of nitrogens with zero attached hydrogens (tertiary/aromatic N) is 1. The van der Waals surface area contributed by atoms with Crippen LogP contribution in [-0.4, -0.2) is 37.1 Å². The van der Waals surface area contributed by atoms with Gasteiger partial charge in [-0.3, -0.25) is 4.79 Å². The molecule has 1 N–H and O–H groups in total. The zero-order chi connectivity index (χ0) is 20.3. The third kappa shape index (κ3) is 2.78. The average Bonchev–Trinajstić information content (AvgIpc) is 2.97. The van der Waals surface area contributed by atoms with Crippen LogP contribution in [0.5, 0.6) is 0 Å². The maximum Gasteiger partial charge on any atom is 0.243 e. The third-order valence-corrected chi connectivity index (χ3v) is 8.10. The Bertz CT molecular complexity index is 1040. The summed E-state index contributed by atoms with van der Waals surface area (Å²) in [6, 6.07) is 14.7. The van der Waals surface area contributed by atoms with Gasteiger partial charge >= 0.3 is 0 Å². The molecule has 0 aromatic heterocycles. The molecule has 2 atom stereocenters. The summed E-state index contributed by atoms with van der Waals surface area (Å²) in [6.45, 7) is 8.18. The summed E-state index contributed by atoms with van der Waals surface area (Å²) in [7, 11) is -3.66.